The first-order valence-corrected chi connectivity index (χ1v) is 10.2. The Balaban J connectivity index is 1.28. The molecule has 0 unspecified atom stereocenters. The maximum Gasteiger partial charge on any atom is 0.261 e. The van der Waals surface area contributed by atoms with E-state index in [-0.39, 0.29) is 18.6 Å². The molecular weight excluding hydrogens is 340 g/mol. The highest BCUT2D eigenvalue weighted by Gasteiger charge is 2.53. The fourth-order valence-electron chi connectivity index (χ4n) is 6.11. The van der Waals surface area contributed by atoms with Crippen molar-refractivity contribution in [3.8, 4) is 5.75 Å². The summed E-state index contributed by atoms with van der Waals surface area (Å²) < 4.78 is 5.27. The molecule has 4 saturated carbocycles. The van der Waals surface area contributed by atoms with Crippen molar-refractivity contribution in [1.29, 1.82) is 0 Å². The maximum atomic E-state index is 12.3. The molecular formula is C22H30N2O3. The molecule has 0 spiro atoms. The molecule has 1 aromatic carbocycles. The van der Waals surface area contributed by atoms with Gasteiger partial charge in [-0.2, -0.15) is 0 Å². The van der Waals surface area contributed by atoms with E-state index in [1.165, 1.54) is 38.5 Å². The molecule has 1 atom stereocenters. The summed E-state index contributed by atoms with van der Waals surface area (Å²) in [5, 5.41) is 7.12. The Hall–Kier alpha value is -2.04. The minimum Gasteiger partial charge on any atom is -0.496 e. The van der Waals surface area contributed by atoms with Crippen LogP contribution in [0, 0.1) is 23.2 Å². The number of nitrogens with zero attached hydrogens (tertiary/aromatic N) is 1. The van der Waals surface area contributed by atoms with Gasteiger partial charge in [-0.25, -0.2) is 0 Å². The average molecular weight is 370 g/mol. The fraction of sp³-hybridized carbons (Fsp3) is 0.636. The van der Waals surface area contributed by atoms with E-state index in [9.17, 15) is 4.79 Å². The van der Waals surface area contributed by atoms with E-state index in [1.807, 2.05) is 24.3 Å². The summed E-state index contributed by atoms with van der Waals surface area (Å²) in [6.07, 6.45) is 9.68. The first-order chi connectivity index (χ1) is 13.1. The van der Waals surface area contributed by atoms with Crippen LogP contribution in [0.1, 0.15) is 51.0 Å². The Kier molecular flexibility index (Phi) is 5.11. The second kappa shape index (κ2) is 7.53. The highest BCUT2D eigenvalue weighted by molar-refractivity contribution is 5.83. The molecule has 4 aliphatic rings. The number of amides is 1. The number of hydrogen-bond acceptors (Lipinski definition) is 4. The second-order valence-electron chi connectivity index (χ2n) is 8.82. The topological polar surface area (TPSA) is 59.9 Å². The van der Waals surface area contributed by atoms with Crippen LogP contribution >= 0.6 is 0 Å². The number of carbonyl (C=O) groups excluding carboxylic acids is 1. The molecule has 1 aromatic rings. The van der Waals surface area contributed by atoms with Gasteiger partial charge in [-0.05, 0) is 80.8 Å². The SMILES string of the molecule is COc1ccccc1/C=N\OCC(=O)N[C@H](C)C12CC3CC(CC(C3)C1)C2. The lowest BCUT2D eigenvalue weighted by molar-refractivity contribution is -0.130. The van der Waals surface area contributed by atoms with Gasteiger partial charge in [0.2, 0.25) is 0 Å². The Morgan fingerprint density at radius 1 is 1.22 bits per heavy atom. The van der Waals surface area contributed by atoms with Crippen molar-refractivity contribution in [2.75, 3.05) is 13.7 Å². The first-order valence-electron chi connectivity index (χ1n) is 10.2. The van der Waals surface area contributed by atoms with E-state index in [4.69, 9.17) is 9.57 Å². The van der Waals surface area contributed by atoms with Crippen LogP contribution in [0.2, 0.25) is 0 Å². The molecule has 27 heavy (non-hydrogen) atoms. The minimum absolute atomic E-state index is 0.0532. The molecule has 4 aliphatic carbocycles. The number of oxime groups is 1. The summed E-state index contributed by atoms with van der Waals surface area (Å²) in [7, 11) is 1.62. The van der Waals surface area contributed by atoms with E-state index in [2.05, 4.69) is 17.4 Å². The molecule has 5 heteroatoms. The van der Waals surface area contributed by atoms with E-state index >= 15 is 0 Å². The van der Waals surface area contributed by atoms with Crippen molar-refractivity contribution in [2.24, 2.45) is 28.3 Å². The van der Waals surface area contributed by atoms with Gasteiger partial charge in [0.15, 0.2) is 6.61 Å². The van der Waals surface area contributed by atoms with Gasteiger partial charge in [0.05, 0.1) is 13.3 Å². The average Bonchev–Trinajstić information content (AvgIpc) is 2.64. The number of methoxy groups -OCH3 is 1. The van der Waals surface area contributed by atoms with Crippen molar-refractivity contribution in [1.82, 2.24) is 5.32 Å². The van der Waals surface area contributed by atoms with Crippen molar-refractivity contribution in [3.63, 3.8) is 0 Å². The highest BCUT2D eigenvalue weighted by Crippen LogP contribution is 2.61. The van der Waals surface area contributed by atoms with E-state index in [1.54, 1.807) is 13.3 Å². The molecule has 0 aromatic heterocycles. The molecule has 1 amide bonds. The third kappa shape index (κ3) is 3.83. The summed E-state index contributed by atoms with van der Waals surface area (Å²) in [5.41, 5.74) is 1.13. The molecule has 0 radical (unpaired) electrons. The van der Waals surface area contributed by atoms with Gasteiger partial charge >= 0.3 is 0 Å². The lowest BCUT2D eigenvalue weighted by Crippen LogP contribution is -2.56. The largest absolute Gasteiger partial charge is 0.496 e. The molecule has 4 bridgehead atoms. The Morgan fingerprint density at radius 2 is 1.85 bits per heavy atom. The van der Waals surface area contributed by atoms with Crippen LogP contribution in [0.3, 0.4) is 0 Å². The Morgan fingerprint density at radius 3 is 2.48 bits per heavy atom. The van der Waals surface area contributed by atoms with Crippen molar-refractivity contribution in [2.45, 2.75) is 51.5 Å². The van der Waals surface area contributed by atoms with Crippen LogP contribution in [0.4, 0.5) is 0 Å². The van der Waals surface area contributed by atoms with Crippen LogP contribution in [0.5, 0.6) is 5.75 Å². The molecule has 5 rings (SSSR count). The third-order valence-electron chi connectivity index (χ3n) is 6.98. The number of rotatable bonds is 7. The van der Waals surface area contributed by atoms with Crippen LogP contribution in [-0.2, 0) is 9.63 Å². The molecule has 0 heterocycles. The predicted octanol–water partition coefficient (Wildman–Crippen LogP) is 3.77. The standard InChI is InChI=1S/C22H30N2O3/c1-15(22-10-16-7-17(11-22)9-18(8-16)12-22)24-21(25)14-27-23-13-19-5-3-4-6-20(19)26-2/h3-6,13,15-18H,7-12,14H2,1-2H3,(H,24,25)/b23-13-/t15-,16?,17?,18?,22?/m1/s1. The Bertz CT molecular complexity index is 680. The van der Waals surface area contributed by atoms with Gasteiger partial charge < -0.3 is 14.9 Å². The van der Waals surface area contributed by atoms with E-state index < -0.39 is 0 Å². The highest BCUT2D eigenvalue weighted by atomic mass is 16.6. The number of para-hydroxylation sites is 1. The molecule has 146 valence electrons. The zero-order valence-electron chi connectivity index (χ0n) is 16.3. The van der Waals surface area contributed by atoms with Crippen LogP contribution in [0.25, 0.3) is 0 Å². The lowest BCUT2D eigenvalue weighted by atomic mass is 9.48. The van der Waals surface area contributed by atoms with E-state index in [0.717, 1.165) is 29.1 Å². The van der Waals surface area contributed by atoms with Crippen LogP contribution in [0.15, 0.2) is 29.4 Å². The van der Waals surface area contributed by atoms with Gasteiger partial charge in [-0.15, -0.1) is 0 Å². The minimum atomic E-state index is -0.0876. The monoisotopic (exact) mass is 370 g/mol. The van der Waals surface area contributed by atoms with Gasteiger partial charge in [0.1, 0.15) is 5.75 Å². The molecule has 4 fully saturated rings. The predicted molar refractivity (Wildman–Crippen MR) is 105 cm³/mol. The number of hydrogen-bond donors (Lipinski definition) is 1. The number of benzene rings is 1. The number of ether oxygens (including phenoxy) is 1. The Labute approximate surface area is 161 Å². The molecule has 5 nitrogen and oxygen atoms in total. The van der Waals surface area contributed by atoms with E-state index in [0.29, 0.717) is 5.41 Å². The number of carbonyl (C=O) groups is 1. The lowest BCUT2D eigenvalue weighted by Gasteiger charge is -2.59. The molecule has 1 N–H and O–H groups in total. The normalized spacial score (nSPS) is 32.4. The maximum absolute atomic E-state index is 12.3. The zero-order chi connectivity index (χ0) is 18.9. The summed E-state index contributed by atoms with van der Waals surface area (Å²) in [4.78, 5) is 17.6. The van der Waals surface area contributed by atoms with Crippen molar-refractivity contribution < 1.29 is 14.4 Å². The van der Waals surface area contributed by atoms with Crippen molar-refractivity contribution in [3.05, 3.63) is 29.8 Å². The summed E-state index contributed by atoms with van der Waals surface area (Å²) in [6, 6.07) is 7.77. The summed E-state index contributed by atoms with van der Waals surface area (Å²) in [6.45, 7) is 2.13. The number of nitrogens with one attached hydrogen (secondary N) is 1. The molecule has 0 saturated heterocycles. The van der Waals surface area contributed by atoms with Crippen molar-refractivity contribution >= 4 is 12.1 Å². The van der Waals surface area contributed by atoms with Gasteiger partial charge in [0, 0.05) is 11.6 Å². The van der Waals surface area contributed by atoms with Gasteiger partial charge in [-0.1, -0.05) is 17.3 Å². The fourth-order valence-corrected chi connectivity index (χ4v) is 6.11. The van der Waals surface area contributed by atoms with Gasteiger partial charge in [-0.3, -0.25) is 4.79 Å². The second-order valence-corrected chi connectivity index (χ2v) is 8.82. The summed E-state index contributed by atoms with van der Waals surface area (Å²) >= 11 is 0. The smallest absolute Gasteiger partial charge is 0.261 e. The van der Waals surface area contributed by atoms with Crippen LogP contribution < -0.4 is 10.1 Å². The summed E-state index contributed by atoms with van der Waals surface area (Å²) in [5.74, 6) is 3.30. The third-order valence-corrected chi connectivity index (χ3v) is 6.98. The quantitative estimate of drug-likeness (QED) is 0.587. The van der Waals surface area contributed by atoms with Gasteiger partial charge in [0.25, 0.3) is 5.91 Å². The molecule has 0 aliphatic heterocycles. The van der Waals surface area contributed by atoms with Crippen LogP contribution in [-0.4, -0.2) is 31.9 Å². The first kappa shape index (κ1) is 18.3. The zero-order valence-corrected chi connectivity index (χ0v) is 16.3.